The molecule has 0 spiro atoms. The smallest absolute Gasteiger partial charge is 0.234 e. The summed E-state index contributed by atoms with van der Waals surface area (Å²) in [5.74, 6) is -0.651. The number of likely N-dealkylation sites (tertiary alicyclic amines) is 2. The number of nitrogens with one attached hydrogen (secondary N) is 2. The van der Waals surface area contributed by atoms with Crippen LogP contribution in [0.3, 0.4) is 0 Å². The van der Waals surface area contributed by atoms with Crippen molar-refractivity contribution in [3.63, 3.8) is 0 Å². The number of rotatable bonds is 11. The van der Waals surface area contributed by atoms with Crippen LogP contribution in [0.4, 0.5) is 15.9 Å². The van der Waals surface area contributed by atoms with Crippen molar-refractivity contribution in [2.75, 3.05) is 54.6 Å². The van der Waals surface area contributed by atoms with Gasteiger partial charge in [0.05, 0.1) is 32.9 Å². The van der Waals surface area contributed by atoms with E-state index < -0.39 is 21.3 Å². The third-order valence-electron chi connectivity index (χ3n) is 13.0. The third kappa shape index (κ3) is 9.24. The first-order valence-corrected chi connectivity index (χ1v) is 24.1. The first-order valence-electron chi connectivity index (χ1n) is 21.7. The highest BCUT2D eigenvalue weighted by Crippen LogP contribution is 2.44. The summed E-state index contributed by atoms with van der Waals surface area (Å²) < 4.78 is 43.5. The number of piperidine rings is 4. The third-order valence-corrected chi connectivity index (χ3v) is 15.7. The van der Waals surface area contributed by atoms with Gasteiger partial charge in [0.25, 0.3) is 0 Å². The Morgan fingerprint density at radius 3 is 2.32 bits per heavy atom. The molecule has 0 bridgehead atoms. The van der Waals surface area contributed by atoms with Crippen LogP contribution in [0.25, 0.3) is 21.7 Å². The predicted molar refractivity (Wildman–Crippen MR) is 235 cm³/mol. The van der Waals surface area contributed by atoms with Crippen LogP contribution in [0, 0.1) is 17.2 Å². The van der Waals surface area contributed by atoms with Gasteiger partial charge in [-0.3, -0.25) is 34.2 Å². The summed E-state index contributed by atoms with van der Waals surface area (Å²) in [5, 5.41) is 3.25. The first-order chi connectivity index (χ1) is 29.8. The standard InChI is InChI=1S/C45H53FN8O6S2/c1-3-27-62(59,60)51-35-6-4-5-34(38(35)46)39-40(29-11-19-47-20-12-29)61-42(50-39)30-13-23-54(24-14-30)44(58)45(2)17-25-53(26-18-45)43(57)31-15-21-52(22-16-31)36-9-7-32(28-48-36)33-8-10-37(55)49-41(33)56/h4-7,9,11-12,19-20,28,30-31,33,51H,3,8,10,13-18,21-27H2,1-2H3,(H,49,55,56)/t33-/m0/s1. The number of halogens is 1. The number of carbonyl (C=O) groups excluding carboxylic acids is 4. The molecule has 4 aliphatic rings. The molecular weight excluding hydrogens is 832 g/mol. The number of hydrogen-bond acceptors (Lipinski definition) is 11. The molecule has 4 saturated heterocycles. The molecule has 4 amide bonds. The maximum Gasteiger partial charge on any atom is 0.234 e. The maximum atomic E-state index is 16.1. The van der Waals surface area contributed by atoms with E-state index in [2.05, 4.69) is 24.9 Å². The Kier molecular flexibility index (Phi) is 12.7. The lowest BCUT2D eigenvalue weighted by molar-refractivity contribution is -0.149. The van der Waals surface area contributed by atoms with Crippen LogP contribution in [0.15, 0.2) is 61.1 Å². The Bertz CT molecular complexity index is 2410. The molecule has 0 saturated carbocycles. The second kappa shape index (κ2) is 18.2. The van der Waals surface area contributed by atoms with Gasteiger partial charge >= 0.3 is 0 Å². The number of benzene rings is 1. The summed E-state index contributed by atoms with van der Waals surface area (Å²) in [6, 6.07) is 12.2. The number of amides is 4. The van der Waals surface area contributed by atoms with Crippen molar-refractivity contribution >= 4 is 56.5 Å². The lowest BCUT2D eigenvalue weighted by Gasteiger charge is -2.43. The Morgan fingerprint density at radius 1 is 0.935 bits per heavy atom. The van der Waals surface area contributed by atoms with Gasteiger partial charge in [-0.05, 0) is 92.8 Å². The number of nitrogens with zero attached hydrogens (tertiary/aromatic N) is 6. The molecule has 0 radical (unpaired) electrons. The van der Waals surface area contributed by atoms with Crippen molar-refractivity contribution in [3.8, 4) is 21.7 Å². The van der Waals surface area contributed by atoms with E-state index >= 15 is 4.39 Å². The second-order valence-electron chi connectivity index (χ2n) is 17.2. The second-order valence-corrected chi connectivity index (χ2v) is 20.1. The Hall–Kier alpha value is -5.29. The van der Waals surface area contributed by atoms with Gasteiger partial charge in [0.15, 0.2) is 5.82 Å². The minimum atomic E-state index is -3.71. The molecule has 2 N–H and O–H groups in total. The number of hydrogen-bond donors (Lipinski definition) is 2. The summed E-state index contributed by atoms with van der Waals surface area (Å²) in [7, 11) is -3.71. The molecule has 7 heterocycles. The van der Waals surface area contributed by atoms with Crippen LogP contribution in [-0.2, 0) is 29.2 Å². The SMILES string of the molecule is CCCS(=O)(=O)Nc1cccc(-c2nc(C3CCN(C(=O)C4(C)CCN(C(=O)C5CCN(c6ccc([C@@H]7CCC(=O)NC7=O)cn6)CC5)CC4)CC3)sc2-c2ccncc2)c1F. The molecule has 328 valence electrons. The van der Waals surface area contributed by atoms with E-state index in [-0.39, 0.29) is 58.4 Å². The van der Waals surface area contributed by atoms with Crippen molar-refractivity contribution in [2.45, 2.75) is 83.5 Å². The highest BCUT2D eigenvalue weighted by atomic mass is 32.2. The summed E-state index contributed by atoms with van der Waals surface area (Å²) >= 11 is 1.49. The van der Waals surface area contributed by atoms with Crippen LogP contribution in [0.1, 0.15) is 94.0 Å². The molecular formula is C45H53FN8O6S2. The van der Waals surface area contributed by atoms with E-state index in [9.17, 15) is 27.6 Å². The lowest BCUT2D eigenvalue weighted by atomic mass is 9.78. The molecule has 1 aromatic carbocycles. The topological polar surface area (TPSA) is 175 Å². The van der Waals surface area contributed by atoms with Gasteiger partial charge in [0.2, 0.25) is 33.7 Å². The van der Waals surface area contributed by atoms with Crippen LogP contribution in [0.5, 0.6) is 0 Å². The van der Waals surface area contributed by atoms with Crippen LogP contribution in [0.2, 0.25) is 0 Å². The number of pyridine rings is 2. The minimum Gasteiger partial charge on any atom is -0.357 e. The molecule has 4 aliphatic heterocycles. The molecule has 8 rings (SSSR count). The fourth-order valence-corrected chi connectivity index (χ4v) is 11.6. The first kappa shape index (κ1) is 43.4. The van der Waals surface area contributed by atoms with Crippen LogP contribution >= 0.6 is 11.3 Å². The summed E-state index contributed by atoms with van der Waals surface area (Å²) in [5.41, 5.74) is 1.59. The van der Waals surface area contributed by atoms with Crippen molar-refractivity contribution < 1.29 is 32.0 Å². The van der Waals surface area contributed by atoms with E-state index in [4.69, 9.17) is 4.98 Å². The highest BCUT2D eigenvalue weighted by molar-refractivity contribution is 7.92. The molecule has 14 nitrogen and oxygen atoms in total. The molecule has 0 unspecified atom stereocenters. The van der Waals surface area contributed by atoms with Gasteiger partial charge in [-0.2, -0.15) is 0 Å². The molecule has 62 heavy (non-hydrogen) atoms. The predicted octanol–water partition coefficient (Wildman–Crippen LogP) is 6.33. The number of thiazole rings is 1. The monoisotopic (exact) mass is 884 g/mol. The van der Waals surface area contributed by atoms with E-state index in [0.717, 1.165) is 26.8 Å². The molecule has 3 aromatic heterocycles. The Balaban J connectivity index is 0.851. The van der Waals surface area contributed by atoms with Gasteiger partial charge in [-0.1, -0.05) is 26.0 Å². The number of carbonyl (C=O) groups is 4. The van der Waals surface area contributed by atoms with E-state index in [1.807, 2.05) is 41.0 Å². The molecule has 4 fully saturated rings. The number of sulfonamides is 1. The Labute approximate surface area is 365 Å². The maximum absolute atomic E-state index is 16.1. The van der Waals surface area contributed by atoms with E-state index in [0.29, 0.717) is 103 Å². The molecule has 1 atom stereocenters. The number of imide groups is 1. The highest BCUT2D eigenvalue weighted by Gasteiger charge is 2.43. The van der Waals surface area contributed by atoms with Gasteiger partial charge in [0, 0.05) is 87.1 Å². The normalized spacial score (nSPS) is 20.2. The lowest BCUT2D eigenvalue weighted by Crippen LogP contribution is -2.52. The molecule has 17 heteroatoms. The van der Waals surface area contributed by atoms with Crippen LogP contribution in [-0.4, -0.2) is 102 Å². The van der Waals surface area contributed by atoms with E-state index in [1.54, 1.807) is 37.6 Å². The van der Waals surface area contributed by atoms with Crippen molar-refractivity contribution in [1.82, 2.24) is 30.1 Å². The molecule has 4 aromatic rings. The van der Waals surface area contributed by atoms with Gasteiger partial charge < -0.3 is 14.7 Å². The number of anilines is 2. The average molecular weight is 885 g/mol. The zero-order valence-corrected chi connectivity index (χ0v) is 36.8. The number of aromatic nitrogens is 3. The van der Waals surface area contributed by atoms with Crippen molar-refractivity contribution in [3.05, 3.63) is 77.4 Å². The Morgan fingerprint density at radius 2 is 1.66 bits per heavy atom. The van der Waals surface area contributed by atoms with Gasteiger partial charge in [-0.25, -0.2) is 22.8 Å². The largest absolute Gasteiger partial charge is 0.357 e. The minimum absolute atomic E-state index is 0.0550. The summed E-state index contributed by atoms with van der Waals surface area (Å²) in [6.07, 6.45) is 10.3. The molecule has 0 aliphatic carbocycles. The summed E-state index contributed by atoms with van der Waals surface area (Å²) in [4.78, 5) is 72.3. The van der Waals surface area contributed by atoms with Gasteiger partial charge in [0.1, 0.15) is 5.82 Å². The van der Waals surface area contributed by atoms with Crippen molar-refractivity contribution in [1.29, 1.82) is 0 Å². The summed E-state index contributed by atoms with van der Waals surface area (Å²) in [6.45, 7) is 7.38. The fourth-order valence-electron chi connectivity index (χ4n) is 9.24. The fraction of sp³-hybridized carbons (Fsp3) is 0.489. The van der Waals surface area contributed by atoms with Crippen LogP contribution < -0.4 is 14.9 Å². The van der Waals surface area contributed by atoms with E-state index in [1.165, 1.54) is 17.4 Å². The zero-order chi connectivity index (χ0) is 43.6. The quantitative estimate of drug-likeness (QED) is 0.162. The zero-order valence-electron chi connectivity index (χ0n) is 35.1. The van der Waals surface area contributed by atoms with Crippen molar-refractivity contribution in [2.24, 2.45) is 11.3 Å². The average Bonchev–Trinajstić information content (AvgIpc) is 3.73. The van der Waals surface area contributed by atoms with Gasteiger partial charge in [-0.15, -0.1) is 11.3 Å².